The summed E-state index contributed by atoms with van der Waals surface area (Å²) in [5.41, 5.74) is 2.97. The number of hydrogen-bond acceptors (Lipinski definition) is 1. The summed E-state index contributed by atoms with van der Waals surface area (Å²) < 4.78 is 0. The van der Waals surface area contributed by atoms with Crippen molar-refractivity contribution in [2.75, 3.05) is 0 Å². The van der Waals surface area contributed by atoms with E-state index in [1.807, 2.05) is 11.8 Å². The molecule has 0 radical (unpaired) electrons. The van der Waals surface area contributed by atoms with Crippen molar-refractivity contribution in [3.05, 3.63) is 59.7 Å². The summed E-state index contributed by atoms with van der Waals surface area (Å²) in [7, 11) is 0. The van der Waals surface area contributed by atoms with E-state index in [1.165, 1.54) is 20.9 Å². The SMILES string of the molecule is C[C@@H]1Cc2ccccc2Sc2ccccc21. The van der Waals surface area contributed by atoms with E-state index >= 15 is 0 Å². The van der Waals surface area contributed by atoms with Gasteiger partial charge in [0.25, 0.3) is 0 Å². The maximum Gasteiger partial charge on any atom is 0.0157 e. The monoisotopic (exact) mass is 226 g/mol. The van der Waals surface area contributed by atoms with Crippen LogP contribution in [0.4, 0.5) is 0 Å². The molecule has 0 amide bonds. The summed E-state index contributed by atoms with van der Waals surface area (Å²) in [6.45, 7) is 2.32. The van der Waals surface area contributed by atoms with Crippen molar-refractivity contribution in [3.8, 4) is 0 Å². The van der Waals surface area contributed by atoms with Gasteiger partial charge < -0.3 is 0 Å². The van der Waals surface area contributed by atoms with Crippen molar-refractivity contribution >= 4 is 11.8 Å². The predicted molar refractivity (Wildman–Crippen MR) is 69.1 cm³/mol. The third kappa shape index (κ3) is 1.65. The number of benzene rings is 2. The molecular formula is C15H14S. The van der Waals surface area contributed by atoms with Gasteiger partial charge in [-0.2, -0.15) is 0 Å². The van der Waals surface area contributed by atoms with E-state index in [0.717, 1.165) is 6.42 Å². The lowest BCUT2D eigenvalue weighted by Crippen LogP contribution is -1.97. The predicted octanol–water partition coefficient (Wildman–Crippen LogP) is 4.50. The fraction of sp³-hybridized carbons (Fsp3) is 0.200. The normalized spacial score (nSPS) is 18.4. The van der Waals surface area contributed by atoms with Crippen LogP contribution in [0.3, 0.4) is 0 Å². The van der Waals surface area contributed by atoms with E-state index in [-0.39, 0.29) is 0 Å². The van der Waals surface area contributed by atoms with E-state index < -0.39 is 0 Å². The molecule has 1 aliphatic rings. The van der Waals surface area contributed by atoms with Gasteiger partial charge in [0.1, 0.15) is 0 Å². The van der Waals surface area contributed by atoms with Gasteiger partial charge in [0.05, 0.1) is 0 Å². The standard InChI is InChI=1S/C15H14S/c1-11-10-12-6-2-4-8-14(12)16-15-9-5-3-7-13(11)15/h2-9,11H,10H2,1H3/t11-/m1/s1. The summed E-state index contributed by atoms with van der Waals surface area (Å²) in [6.07, 6.45) is 1.15. The second kappa shape index (κ2) is 3.99. The minimum Gasteiger partial charge on any atom is -0.0895 e. The molecule has 0 fully saturated rings. The van der Waals surface area contributed by atoms with Crippen molar-refractivity contribution in [2.45, 2.75) is 29.1 Å². The third-order valence-corrected chi connectivity index (χ3v) is 4.38. The lowest BCUT2D eigenvalue weighted by molar-refractivity contribution is 0.741. The van der Waals surface area contributed by atoms with Crippen molar-refractivity contribution in [3.63, 3.8) is 0 Å². The average Bonchev–Trinajstić information content (AvgIpc) is 2.45. The molecule has 0 saturated carbocycles. The Morgan fingerprint density at radius 2 is 1.62 bits per heavy atom. The van der Waals surface area contributed by atoms with Crippen LogP contribution in [0.15, 0.2) is 58.3 Å². The molecule has 0 aliphatic carbocycles. The molecule has 0 aromatic heterocycles. The fourth-order valence-corrected chi connectivity index (χ4v) is 3.51. The van der Waals surface area contributed by atoms with Gasteiger partial charge in [-0.1, -0.05) is 55.1 Å². The summed E-state index contributed by atoms with van der Waals surface area (Å²) in [5, 5.41) is 0. The van der Waals surface area contributed by atoms with Gasteiger partial charge in [0, 0.05) is 9.79 Å². The Bertz CT molecular complexity index is 516. The highest BCUT2D eigenvalue weighted by Crippen LogP contribution is 2.40. The van der Waals surface area contributed by atoms with Gasteiger partial charge in [-0.05, 0) is 35.6 Å². The van der Waals surface area contributed by atoms with E-state index in [9.17, 15) is 0 Å². The maximum absolute atomic E-state index is 2.32. The lowest BCUT2D eigenvalue weighted by Gasteiger charge is -2.11. The van der Waals surface area contributed by atoms with Crippen LogP contribution in [0.2, 0.25) is 0 Å². The van der Waals surface area contributed by atoms with Gasteiger partial charge in [-0.15, -0.1) is 0 Å². The molecule has 1 heterocycles. The molecule has 0 nitrogen and oxygen atoms in total. The Balaban J connectivity index is 2.15. The van der Waals surface area contributed by atoms with Crippen LogP contribution in [-0.2, 0) is 6.42 Å². The van der Waals surface area contributed by atoms with E-state index in [0.29, 0.717) is 5.92 Å². The van der Waals surface area contributed by atoms with Crippen LogP contribution >= 0.6 is 11.8 Å². The molecule has 0 N–H and O–H groups in total. The Morgan fingerprint density at radius 1 is 0.938 bits per heavy atom. The summed E-state index contributed by atoms with van der Waals surface area (Å²) in [6, 6.07) is 17.5. The molecule has 16 heavy (non-hydrogen) atoms. The molecule has 0 unspecified atom stereocenters. The molecule has 1 heteroatoms. The van der Waals surface area contributed by atoms with Crippen molar-refractivity contribution in [2.24, 2.45) is 0 Å². The highest BCUT2D eigenvalue weighted by atomic mass is 32.2. The van der Waals surface area contributed by atoms with Crippen molar-refractivity contribution in [1.29, 1.82) is 0 Å². The second-order valence-corrected chi connectivity index (χ2v) is 5.44. The van der Waals surface area contributed by atoms with Crippen LogP contribution in [0, 0.1) is 0 Å². The van der Waals surface area contributed by atoms with Crippen LogP contribution in [0.1, 0.15) is 24.0 Å². The first-order valence-corrected chi connectivity index (χ1v) is 6.51. The highest BCUT2D eigenvalue weighted by Gasteiger charge is 2.18. The Labute approximate surface area is 101 Å². The maximum atomic E-state index is 2.32. The summed E-state index contributed by atoms with van der Waals surface area (Å²) in [4.78, 5) is 2.83. The third-order valence-electron chi connectivity index (χ3n) is 3.17. The number of fused-ring (bicyclic) bond motifs is 2. The zero-order chi connectivity index (χ0) is 11.0. The van der Waals surface area contributed by atoms with Crippen LogP contribution < -0.4 is 0 Å². The first-order valence-electron chi connectivity index (χ1n) is 5.69. The largest absolute Gasteiger partial charge is 0.0895 e. The zero-order valence-corrected chi connectivity index (χ0v) is 10.1. The Hall–Kier alpha value is -1.21. The molecule has 3 rings (SSSR count). The molecule has 80 valence electrons. The first kappa shape index (κ1) is 9.98. The first-order chi connectivity index (χ1) is 7.84. The van der Waals surface area contributed by atoms with Gasteiger partial charge >= 0.3 is 0 Å². The van der Waals surface area contributed by atoms with E-state index in [2.05, 4.69) is 55.5 Å². The molecule has 1 atom stereocenters. The molecule has 0 spiro atoms. The van der Waals surface area contributed by atoms with E-state index in [4.69, 9.17) is 0 Å². The molecule has 2 aromatic rings. The molecule has 1 aliphatic heterocycles. The minimum absolute atomic E-state index is 0.618. The van der Waals surface area contributed by atoms with Crippen molar-refractivity contribution < 1.29 is 0 Å². The van der Waals surface area contributed by atoms with Crippen molar-refractivity contribution in [1.82, 2.24) is 0 Å². The van der Waals surface area contributed by atoms with Gasteiger partial charge in [0.15, 0.2) is 0 Å². The number of rotatable bonds is 0. The summed E-state index contributed by atoms with van der Waals surface area (Å²) in [5.74, 6) is 0.618. The zero-order valence-electron chi connectivity index (χ0n) is 9.31. The smallest absolute Gasteiger partial charge is 0.0157 e. The highest BCUT2D eigenvalue weighted by molar-refractivity contribution is 7.99. The topological polar surface area (TPSA) is 0 Å². The minimum atomic E-state index is 0.618. The van der Waals surface area contributed by atoms with Gasteiger partial charge in [0.2, 0.25) is 0 Å². The molecule has 0 saturated heterocycles. The van der Waals surface area contributed by atoms with E-state index in [1.54, 1.807) is 0 Å². The number of hydrogen-bond donors (Lipinski definition) is 0. The quantitative estimate of drug-likeness (QED) is 0.637. The summed E-state index contributed by atoms with van der Waals surface area (Å²) >= 11 is 1.91. The van der Waals surface area contributed by atoms with Gasteiger partial charge in [-0.3, -0.25) is 0 Å². The lowest BCUT2D eigenvalue weighted by atomic mass is 9.94. The van der Waals surface area contributed by atoms with Gasteiger partial charge in [-0.25, -0.2) is 0 Å². The molecule has 2 aromatic carbocycles. The van der Waals surface area contributed by atoms with Crippen LogP contribution in [0.25, 0.3) is 0 Å². The second-order valence-electron chi connectivity index (χ2n) is 4.35. The van der Waals surface area contributed by atoms with Crippen LogP contribution in [0.5, 0.6) is 0 Å². The van der Waals surface area contributed by atoms with Crippen LogP contribution in [-0.4, -0.2) is 0 Å². The molecular weight excluding hydrogens is 212 g/mol. The average molecular weight is 226 g/mol. The Morgan fingerprint density at radius 3 is 2.50 bits per heavy atom. The fourth-order valence-electron chi connectivity index (χ4n) is 2.31. The Kier molecular flexibility index (Phi) is 2.49. The molecule has 0 bridgehead atoms.